The molecule has 2 aromatic rings. The van der Waals surface area contributed by atoms with Crippen molar-refractivity contribution in [3.05, 3.63) is 35.9 Å². The number of amides is 1. The van der Waals surface area contributed by atoms with Gasteiger partial charge in [0.15, 0.2) is 0 Å². The zero-order chi connectivity index (χ0) is 18.7. The standard InChI is InChI=1S/C16H22N4O3S2/c1-5-12(11-9-7-6-8-10-11)20-25(22,23)15-19-18-14(24-15)17-13(21)16(2,3)4/h6-10,12,20H,5H2,1-4H3,(H,17,18,21). The quantitative estimate of drug-likeness (QED) is 0.748. The van der Waals surface area contributed by atoms with Crippen molar-refractivity contribution in [1.29, 1.82) is 0 Å². The summed E-state index contributed by atoms with van der Waals surface area (Å²) < 4.78 is 27.6. The highest BCUT2D eigenvalue weighted by molar-refractivity contribution is 7.91. The van der Waals surface area contributed by atoms with Gasteiger partial charge >= 0.3 is 0 Å². The second-order valence-electron chi connectivity index (χ2n) is 6.57. The average molecular weight is 383 g/mol. The van der Waals surface area contributed by atoms with Crippen LogP contribution >= 0.6 is 11.3 Å². The lowest BCUT2D eigenvalue weighted by Gasteiger charge is -2.16. The summed E-state index contributed by atoms with van der Waals surface area (Å²) in [5.41, 5.74) is 0.267. The van der Waals surface area contributed by atoms with Crippen LogP contribution in [-0.2, 0) is 14.8 Å². The number of nitrogens with zero attached hydrogens (tertiary/aromatic N) is 2. The molecule has 2 rings (SSSR count). The summed E-state index contributed by atoms with van der Waals surface area (Å²) in [4.78, 5) is 12.0. The Morgan fingerprint density at radius 3 is 2.40 bits per heavy atom. The number of carbonyl (C=O) groups excluding carboxylic acids is 1. The van der Waals surface area contributed by atoms with Crippen molar-refractivity contribution in [2.45, 2.75) is 44.5 Å². The molecule has 0 fully saturated rings. The van der Waals surface area contributed by atoms with Gasteiger partial charge in [0.2, 0.25) is 15.4 Å². The van der Waals surface area contributed by atoms with Crippen molar-refractivity contribution < 1.29 is 13.2 Å². The third kappa shape index (κ3) is 5.07. The Labute approximate surface area is 151 Å². The van der Waals surface area contributed by atoms with E-state index in [1.165, 1.54) is 0 Å². The topological polar surface area (TPSA) is 101 Å². The van der Waals surface area contributed by atoms with Gasteiger partial charge in [0, 0.05) is 11.5 Å². The first kappa shape index (κ1) is 19.5. The highest BCUT2D eigenvalue weighted by atomic mass is 32.2. The van der Waals surface area contributed by atoms with Crippen LogP contribution in [0.1, 0.15) is 45.7 Å². The minimum Gasteiger partial charge on any atom is -0.300 e. The molecular formula is C16H22N4O3S2. The Bertz CT molecular complexity index is 827. The third-order valence-electron chi connectivity index (χ3n) is 3.45. The number of carbonyl (C=O) groups is 1. The van der Waals surface area contributed by atoms with Crippen LogP contribution in [0.25, 0.3) is 0 Å². The van der Waals surface area contributed by atoms with Crippen LogP contribution in [-0.4, -0.2) is 24.5 Å². The fraction of sp³-hybridized carbons (Fsp3) is 0.438. The maximum atomic E-state index is 12.6. The molecule has 0 aliphatic carbocycles. The van der Waals surface area contributed by atoms with Crippen LogP contribution in [0, 0.1) is 5.41 Å². The fourth-order valence-electron chi connectivity index (χ4n) is 1.96. The van der Waals surface area contributed by atoms with Gasteiger partial charge in [-0.25, -0.2) is 13.1 Å². The predicted octanol–water partition coefficient (Wildman–Crippen LogP) is 2.95. The van der Waals surface area contributed by atoms with Gasteiger partial charge in [-0.2, -0.15) is 0 Å². The molecule has 1 amide bonds. The number of aromatic nitrogens is 2. The smallest absolute Gasteiger partial charge is 0.270 e. The first-order chi connectivity index (χ1) is 11.6. The molecule has 1 heterocycles. The summed E-state index contributed by atoms with van der Waals surface area (Å²) in [5.74, 6) is -0.253. The Morgan fingerprint density at radius 1 is 1.20 bits per heavy atom. The molecule has 0 saturated carbocycles. The maximum Gasteiger partial charge on any atom is 0.270 e. The van der Waals surface area contributed by atoms with Crippen molar-refractivity contribution in [1.82, 2.24) is 14.9 Å². The van der Waals surface area contributed by atoms with Crippen LogP contribution < -0.4 is 10.0 Å². The lowest BCUT2D eigenvalue weighted by molar-refractivity contribution is -0.123. The van der Waals surface area contributed by atoms with E-state index < -0.39 is 15.4 Å². The van der Waals surface area contributed by atoms with Crippen molar-refractivity contribution in [3.63, 3.8) is 0 Å². The van der Waals surface area contributed by atoms with E-state index in [4.69, 9.17) is 0 Å². The number of rotatable bonds is 6. The van der Waals surface area contributed by atoms with E-state index in [0.717, 1.165) is 16.9 Å². The monoisotopic (exact) mass is 382 g/mol. The molecule has 0 spiro atoms. The first-order valence-electron chi connectivity index (χ1n) is 7.85. The van der Waals surface area contributed by atoms with E-state index in [9.17, 15) is 13.2 Å². The molecule has 0 radical (unpaired) electrons. The number of benzene rings is 1. The molecule has 0 aliphatic rings. The van der Waals surface area contributed by atoms with Gasteiger partial charge in [-0.1, -0.05) is 69.4 Å². The van der Waals surface area contributed by atoms with Crippen LogP contribution in [0.15, 0.2) is 34.7 Å². The van der Waals surface area contributed by atoms with Crippen molar-refractivity contribution in [2.24, 2.45) is 5.41 Å². The van der Waals surface area contributed by atoms with Crippen LogP contribution in [0.5, 0.6) is 0 Å². The molecule has 1 aromatic heterocycles. The zero-order valence-electron chi connectivity index (χ0n) is 14.6. The number of sulfonamides is 1. The molecular weight excluding hydrogens is 360 g/mol. The highest BCUT2D eigenvalue weighted by Crippen LogP contribution is 2.25. The Hall–Kier alpha value is -1.84. The van der Waals surface area contributed by atoms with Crippen LogP contribution in [0.2, 0.25) is 0 Å². The molecule has 9 heteroatoms. The number of hydrogen-bond acceptors (Lipinski definition) is 6. The average Bonchev–Trinajstić information content (AvgIpc) is 3.02. The minimum absolute atomic E-state index is 0.160. The van der Waals surface area contributed by atoms with Gasteiger partial charge in [0.25, 0.3) is 10.0 Å². The summed E-state index contributed by atoms with van der Waals surface area (Å²) in [6.45, 7) is 7.17. The SMILES string of the molecule is CCC(NS(=O)(=O)c1nnc(NC(=O)C(C)(C)C)s1)c1ccccc1. The largest absolute Gasteiger partial charge is 0.300 e. The molecule has 0 saturated heterocycles. The summed E-state index contributed by atoms with van der Waals surface area (Å²) >= 11 is 0.827. The second-order valence-corrected chi connectivity index (χ2v) is 9.44. The van der Waals surface area contributed by atoms with Gasteiger partial charge in [-0.15, -0.1) is 10.2 Å². The van der Waals surface area contributed by atoms with Crippen molar-refractivity contribution in [3.8, 4) is 0 Å². The number of nitrogens with one attached hydrogen (secondary N) is 2. The molecule has 136 valence electrons. The van der Waals surface area contributed by atoms with E-state index >= 15 is 0 Å². The molecule has 1 atom stereocenters. The Balaban J connectivity index is 2.16. The maximum absolute atomic E-state index is 12.6. The Morgan fingerprint density at radius 2 is 1.84 bits per heavy atom. The molecule has 25 heavy (non-hydrogen) atoms. The fourth-order valence-corrected chi connectivity index (χ4v) is 4.18. The minimum atomic E-state index is -3.83. The summed E-state index contributed by atoms with van der Waals surface area (Å²) in [6.07, 6.45) is 0.593. The molecule has 7 nitrogen and oxygen atoms in total. The summed E-state index contributed by atoms with van der Waals surface area (Å²) in [5, 5.41) is 10.2. The third-order valence-corrected chi connectivity index (χ3v) is 6.12. The zero-order valence-corrected chi connectivity index (χ0v) is 16.2. The lowest BCUT2D eigenvalue weighted by atomic mass is 9.96. The normalized spacial score (nSPS) is 13.4. The van der Waals surface area contributed by atoms with Crippen molar-refractivity contribution >= 4 is 32.4 Å². The van der Waals surface area contributed by atoms with Gasteiger partial charge in [-0.05, 0) is 12.0 Å². The second kappa shape index (κ2) is 7.59. The van der Waals surface area contributed by atoms with Crippen LogP contribution in [0.3, 0.4) is 0 Å². The Kier molecular flexibility index (Phi) is 5.91. The summed E-state index contributed by atoms with van der Waals surface area (Å²) in [6, 6.07) is 8.97. The van der Waals surface area contributed by atoms with Gasteiger partial charge in [-0.3, -0.25) is 4.79 Å². The molecule has 1 unspecified atom stereocenters. The van der Waals surface area contributed by atoms with Crippen LogP contribution in [0.4, 0.5) is 5.13 Å². The molecule has 2 N–H and O–H groups in total. The van der Waals surface area contributed by atoms with Crippen molar-refractivity contribution in [2.75, 3.05) is 5.32 Å². The highest BCUT2D eigenvalue weighted by Gasteiger charge is 2.27. The van der Waals surface area contributed by atoms with E-state index in [0.29, 0.717) is 6.42 Å². The van der Waals surface area contributed by atoms with E-state index in [2.05, 4.69) is 20.2 Å². The van der Waals surface area contributed by atoms with Gasteiger partial charge in [0.1, 0.15) is 0 Å². The molecule has 0 bridgehead atoms. The predicted molar refractivity (Wildman–Crippen MR) is 97.8 cm³/mol. The first-order valence-corrected chi connectivity index (χ1v) is 10.2. The van der Waals surface area contributed by atoms with E-state index in [1.54, 1.807) is 20.8 Å². The van der Waals surface area contributed by atoms with Gasteiger partial charge in [0.05, 0.1) is 0 Å². The number of hydrogen-bond donors (Lipinski definition) is 2. The van der Waals surface area contributed by atoms with E-state index in [-0.39, 0.29) is 21.4 Å². The van der Waals surface area contributed by atoms with E-state index in [1.807, 2.05) is 37.3 Å². The molecule has 1 aromatic carbocycles. The molecule has 0 aliphatic heterocycles. The number of anilines is 1. The lowest BCUT2D eigenvalue weighted by Crippen LogP contribution is -2.28. The van der Waals surface area contributed by atoms with Gasteiger partial charge < -0.3 is 5.32 Å². The summed E-state index contributed by atoms with van der Waals surface area (Å²) in [7, 11) is -3.83.